The van der Waals surface area contributed by atoms with Crippen LogP contribution in [0.15, 0.2) is 48.0 Å². The van der Waals surface area contributed by atoms with Gasteiger partial charge in [-0.15, -0.1) is 16.4 Å². The fourth-order valence-electron chi connectivity index (χ4n) is 1.82. The minimum Gasteiger partial charge on any atom is -0.381 e. The second-order valence-electron chi connectivity index (χ2n) is 3.98. The van der Waals surface area contributed by atoms with Crippen molar-refractivity contribution in [1.82, 2.24) is 15.0 Å². The molecule has 4 nitrogen and oxygen atoms in total. The van der Waals surface area contributed by atoms with Crippen molar-refractivity contribution in [2.24, 2.45) is 0 Å². The molecule has 3 aromatic rings. The normalized spacial score (nSPS) is 12.5. The summed E-state index contributed by atoms with van der Waals surface area (Å²) in [6.07, 6.45) is 0.776. The standard InChI is InChI=1S/C13H10ClN3OS/c14-9-6-12(19-8-9)13(18)11-7-15-16-17(11)10-4-2-1-3-5-10/h1-8,13,18H. The highest BCUT2D eigenvalue weighted by atomic mass is 35.5. The lowest BCUT2D eigenvalue weighted by molar-refractivity contribution is 0.216. The first-order valence-corrected chi connectivity index (χ1v) is 6.89. The molecule has 2 heterocycles. The SMILES string of the molecule is OC(c1cc(Cl)cs1)c1cnnn1-c1ccccc1. The lowest BCUT2D eigenvalue weighted by Crippen LogP contribution is -2.07. The molecular weight excluding hydrogens is 282 g/mol. The smallest absolute Gasteiger partial charge is 0.132 e. The number of hydrogen-bond acceptors (Lipinski definition) is 4. The first-order chi connectivity index (χ1) is 9.25. The zero-order chi connectivity index (χ0) is 13.2. The summed E-state index contributed by atoms with van der Waals surface area (Å²) in [6.45, 7) is 0. The van der Waals surface area contributed by atoms with E-state index in [1.165, 1.54) is 11.3 Å². The third kappa shape index (κ3) is 2.40. The van der Waals surface area contributed by atoms with Gasteiger partial charge in [0.05, 0.1) is 22.6 Å². The molecule has 0 saturated heterocycles. The Balaban J connectivity index is 2.01. The summed E-state index contributed by atoms with van der Waals surface area (Å²) >= 11 is 7.29. The summed E-state index contributed by atoms with van der Waals surface area (Å²) in [5.41, 5.74) is 1.47. The Bertz CT molecular complexity index is 680. The van der Waals surface area contributed by atoms with Gasteiger partial charge in [0.15, 0.2) is 0 Å². The van der Waals surface area contributed by atoms with Crippen LogP contribution in [0.5, 0.6) is 0 Å². The highest BCUT2D eigenvalue weighted by Crippen LogP contribution is 2.30. The van der Waals surface area contributed by atoms with E-state index >= 15 is 0 Å². The van der Waals surface area contributed by atoms with Crippen LogP contribution in [0.4, 0.5) is 0 Å². The molecule has 1 atom stereocenters. The van der Waals surface area contributed by atoms with E-state index in [-0.39, 0.29) is 0 Å². The number of aliphatic hydroxyl groups is 1. The Kier molecular flexibility index (Phi) is 3.33. The molecule has 19 heavy (non-hydrogen) atoms. The number of hydrogen-bond donors (Lipinski definition) is 1. The average molecular weight is 292 g/mol. The molecule has 0 aliphatic carbocycles. The molecular formula is C13H10ClN3OS. The molecule has 0 aliphatic rings. The van der Waals surface area contributed by atoms with Crippen LogP contribution in [-0.2, 0) is 0 Å². The number of nitrogens with zero attached hydrogens (tertiary/aromatic N) is 3. The van der Waals surface area contributed by atoms with Gasteiger partial charge in [0.2, 0.25) is 0 Å². The van der Waals surface area contributed by atoms with Crippen molar-refractivity contribution in [3.8, 4) is 5.69 Å². The van der Waals surface area contributed by atoms with E-state index in [9.17, 15) is 5.11 Å². The van der Waals surface area contributed by atoms with Gasteiger partial charge in [-0.3, -0.25) is 0 Å². The van der Waals surface area contributed by atoms with Crippen LogP contribution in [0.2, 0.25) is 5.02 Å². The minimum absolute atomic E-state index is 0.615. The van der Waals surface area contributed by atoms with E-state index < -0.39 is 6.10 Å². The van der Waals surface area contributed by atoms with Crippen molar-refractivity contribution >= 4 is 22.9 Å². The van der Waals surface area contributed by atoms with E-state index in [4.69, 9.17) is 11.6 Å². The highest BCUT2D eigenvalue weighted by molar-refractivity contribution is 7.10. The lowest BCUT2D eigenvalue weighted by atomic mass is 10.2. The third-order valence-corrected chi connectivity index (χ3v) is 4.05. The van der Waals surface area contributed by atoms with Crippen LogP contribution in [0.3, 0.4) is 0 Å². The maximum atomic E-state index is 10.4. The number of benzene rings is 1. The molecule has 0 aliphatic heterocycles. The quantitative estimate of drug-likeness (QED) is 0.807. The number of halogens is 1. The van der Waals surface area contributed by atoms with Crippen molar-refractivity contribution in [2.45, 2.75) is 6.10 Å². The van der Waals surface area contributed by atoms with Gasteiger partial charge >= 0.3 is 0 Å². The summed E-state index contributed by atoms with van der Waals surface area (Å²) in [5.74, 6) is 0. The Morgan fingerprint density at radius 1 is 1.26 bits per heavy atom. The number of rotatable bonds is 3. The van der Waals surface area contributed by atoms with Crippen molar-refractivity contribution in [3.63, 3.8) is 0 Å². The van der Waals surface area contributed by atoms with Crippen molar-refractivity contribution < 1.29 is 5.11 Å². The van der Waals surface area contributed by atoms with E-state index in [0.717, 1.165) is 10.6 Å². The van der Waals surface area contributed by atoms with Crippen molar-refractivity contribution in [2.75, 3.05) is 0 Å². The van der Waals surface area contributed by atoms with Gasteiger partial charge in [0, 0.05) is 10.3 Å². The fourth-order valence-corrected chi connectivity index (χ4v) is 2.89. The fraction of sp³-hybridized carbons (Fsp3) is 0.0769. The van der Waals surface area contributed by atoms with E-state index in [2.05, 4.69) is 10.3 Å². The molecule has 0 radical (unpaired) electrons. The van der Waals surface area contributed by atoms with Crippen LogP contribution in [0, 0.1) is 0 Å². The summed E-state index contributed by atoms with van der Waals surface area (Å²) in [4.78, 5) is 0.768. The van der Waals surface area contributed by atoms with Crippen LogP contribution in [0.25, 0.3) is 5.69 Å². The second kappa shape index (κ2) is 5.13. The summed E-state index contributed by atoms with van der Waals surface area (Å²) in [6, 6.07) is 11.3. The Morgan fingerprint density at radius 2 is 2.05 bits per heavy atom. The molecule has 3 rings (SSSR count). The minimum atomic E-state index is -0.785. The molecule has 1 unspecified atom stereocenters. The van der Waals surface area contributed by atoms with Gasteiger partial charge < -0.3 is 5.11 Å². The number of aromatic nitrogens is 3. The molecule has 1 aromatic carbocycles. The van der Waals surface area contributed by atoms with Crippen molar-refractivity contribution in [3.05, 3.63) is 63.6 Å². The Labute approximate surface area is 118 Å². The number of thiophene rings is 1. The molecule has 0 spiro atoms. The number of para-hydroxylation sites is 1. The van der Waals surface area contributed by atoms with Gasteiger partial charge in [-0.1, -0.05) is 35.0 Å². The monoisotopic (exact) mass is 291 g/mol. The van der Waals surface area contributed by atoms with Gasteiger partial charge in [-0.2, -0.15) is 0 Å². The van der Waals surface area contributed by atoms with Crippen molar-refractivity contribution in [1.29, 1.82) is 0 Å². The number of aliphatic hydroxyl groups excluding tert-OH is 1. The summed E-state index contributed by atoms with van der Waals surface area (Å²) in [7, 11) is 0. The molecule has 96 valence electrons. The molecule has 0 fully saturated rings. The van der Waals surface area contributed by atoms with Crippen LogP contribution in [-0.4, -0.2) is 20.1 Å². The first-order valence-electron chi connectivity index (χ1n) is 5.64. The van der Waals surface area contributed by atoms with Gasteiger partial charge in [-0.05, 0) is 18.2 Å². The Morgan fingerprint density at radius 3 is 2.74 bits per heavy atom. The van der Waals surface area contributed by atoms with Gasteiger partial charge in [0.1, 0.15) is 6.10 Å². The first kappa shape index (κ1) is 12.3. The molecule has 2 aromatic heterocycles. The third-order valence-electron chi connectivity index (χ3n) is 2.71. The lowest BCUT2D eigenvalue weighted by Gasteiger charge is -2.10. The predicted octanol–water partition coefficient (Wildman–Crippen LogP) is 3.06. The molecule has 0 amide bonds. The summed E-state index contributed by atoms with van der Waals surface area (Å²) in [5, 5.41) is 20.7. The maximum Gasteiger partial charge on any atom is 0.132 e. The molecule has 6 heteroatoms. The second-order valence-corrected chi connectivity index (χ2v) is 5.36. The van der Waals surface area contributed by atoms with Gasteiger partial charge in [0.25, 0.3) is 0 Å². The van der Waals surface area contributed by atoms with Crippen LogP contribution < -0.4 is 0 Å². The van der Waals surface area contributed by atoms with Crippen LogP contribution >= 0.6 is 22.9 Å². The van der Waals surface area contributed by atoms with E-state index in [0.29, 0.717) is 10.7 Å². The van der Waals surface area contributed by atoms with E-state index in [1.807, 2.05) is 30.3 Å². The Hall–Kier alpha value is -1.69. The topological polar surface area (TPSA) is 50.9 Å². The van der Waals surface area contributed by atoms with Crippen LogP contribution in [0.1, 0.15) is 16.7 Å². The molecule has 0 bridgehead atoms. The van der Waals surface area contributed by atoms with E-state index in [1.54, 1.807) is 22.3 Å². The maximum absolute atomic E-state index is 10.4. The zero-order valence-corrected chi connectivity index (χ0v) is 11.3. The van der Waals surface area contributed by atoms with Gasteiger partial charge in [-0.25, -0.2) is 4.68 Å². The highest BCUT2D eigenvalue weighted by Gasteiger charge is 2.18. The average Bonchev–Trinajstić information content (AvgIpc) is 3.07. The largest absolute Gasteiger partial charge is 0.381 e. The zero-order valence-electron chi connectivity index (χ0n) is 9.77. The summed E-state index contributed by atoms with van der Waals surface area (Å²) < 4.78 is 1.62. The molecule has 0 saturated carbocycles. The molecule has 1 N–H and O–H groups in total. The predicted molar refractivity (Wildman–Crippen MR) is 74.7 cm³/mol.